The Morgan fingerprint density at radius 1 is 1.25 bits per heavy atom. The van der Waals surface area contributed by atoms with Gasteiger partial charge in [0, 0.05) is 13.2 Å². The van der Waals surface area contributed by atoms with Crippen molar-refractivity contribution in [3.05, 3.63) is 24.4 Å². The number of quaternary nitrogens is 1. The van der Waals surface area contributed by atoms with E-state index in [4.69, 9.17) is 0 Å². The van der Waals surface area contributed by atoms with Gasteiger partial charge in [-0.2, -0.15) is 0 Å². The second-order valence-electron chi connectivity index (χ2n) is 5.38. The minimum absolute atomic E-state index is 0.0312. The van der Waals surface area contributed by atoms with Crippen LogP contribution >= 0.6 is 0 Å². The van der Waals surface area contributed by atoms with Gasteiger partial charge in [0.05, 0.1) is 32.6 Å². The summed E-state index contributed by atoms with van der Waals surface area (Å²) in [5.74, 6) is 0.897. The Kier molecular flexibility index (Phi) is 3.40. The Hall–Kier alpha value is -1.95. The third-order valence-corrected chi connectivity index (χ3v) is 4.25. The number of aromatic nitrogens is 1. The van der Waals surface area contributed by atoms with E-state index >= 15 is 0 Å². The van der Waals surface area contributed by atoms with Gasteiger partial charge in [-0.3, -0.25) is 14.5 Å². The average molecular weight is 275 g/mol. The molecule has 1 atom stereocenters. The number of nitrogens with one attached hydrogen (secondary N) is 1. The van der Waals surface area contributed by atoms with Gasteiger partial charge in [-0.1, -0.05) is 6.07 Å². The second-order valence-corrected chi connectivity index (χ2v) is 5.38. The maximum Gasteiger partial charge on any atom is 0.287 e. The number of anilines is 1. The molecule has 106 valence electrons. The van der Waals surface area contributed by atoms with Crippen LogP contribution in [-0.2, 0) is 9.59 Å². The number of likely N-dealkylation sites (N-methyl/N-ethyl adjacent to an activating group) is 1. The van der Waals surface area contributed by atoms with E-state index in [0.717, 1.165) is 32.0 Å². The molecule has 2 fully saturated rings. The molecule has 0 radical (unpaired) electrons. The van der Waals surface area contributed by atoms with Gasteiger partial charge in [0.25, 0.3) is 5.91 Å². The fraction of sp³-hybridized carbons (Fsp3) is 0.500. The zero-order valence-corrected chi connectivity index (χ0v) is 11.6. The molecule has 1 N–H and O–H groups in total. The van der Waals surface area contributed by atoms with Gasteiger partial charge < -0.3 is 9.80 Å². The van der Waals surface area contributed by atoms with Crippen LogP contribution in [-0.4, -0.2) is 61.0 Å². The molecule has 1 aromatic heterocycles. The minimum atomic E-state index is -0.182. The maximum absolute atomic E-state index is 12.0. The molecule has 0 aliphatic carbocycles. The number of nitrogens with zero attached hydrogens (tertiary/aromatic N) is 3. The number of likely N-dealkylation sites (tertiary alicyclic amines) is 1. The van der Waals surface area contributed by atoms with Crippen molar-refractivity contribution >= 4 is 17.6 Å². The lowest BCUT2D eigenvalue weighted by Crippen LogP contribution is -3.19. The Morgan fingerprint density at radius 2 is 2.00 bits per heavy atom. The monoisotopic (exact) mass is 275 g/mol. The lowest BCUT2D eigenvalue weighted by Gasteiger charge is -2.34. The van der Waals surface area contributed by atoms with E-state index in [9.17, 15) is 9.59 Å². The first-order chi connectivity index (χ1) is 9.66. The van der Waals surface area contributed by atoms with Crippen molar-refractivity contribution in [3.8, 4) is 0 Å². The second kappa shape index (κ2) is 5.20. The number of carbonyl (C=O) groups excluding carboxylic acids is 2. The molecular formula is C14H19N4O2+. The summed E-state index contributed by atoms with van der Waals surface area (Å²) >= 11 is 0. The molecule has 2 aliphatic rings. The molecule has 0 bridgehead atoms. The molecule has 6 heteroatoms. The summed E-state index contributed by atoms with van der Waals surface area (Å²) in [6.07, 6.45) is 2.15. The molecule has 0 saturated carbocycles. The fourth-order valence-corrected chi connectivity index (χ4v) is 2.99. The Morgan fingerprint density at radius 3 is 2.55 bits per heavy atom. The van der Waals surface area contributed by atoms with E-state index in [1.807, 2.05) is 18.2 Å². The number of hydrogen-bond donors (Lipinski definition) is 1. The summed E-state index contributed by atoms with van der Waals surface area (Å²) in [5, 5.41) is 0. The van der Waals surface area contributed by atoms with Crippen LogP contribution in [0.15, 0.2) is 24.4 Å². The van der Waals surface area contributed by atoms with Gasteiger partial charge >= 0.3 is 0 Å². The molecule has 0 aromatic carbocycles. The van der Waals surface area contributed by atoms with Gasteiger partial charge in [0.2, 0.25) is 5.91 Å². The Labute approximate surface area is 118 Å². The van der Waals surface area contributed by atoms with Crippen LogP contribution < -0.4 is 9.80 Å². The number of pyridine rings is 1. The van der Waals surface area contributed by atoms with Crippen molar-refractivity contribution in [1.82, 2.24) is 9.88 Å². The minimum Gasteiger partial charge on any atom is -0.345 e. The summed E-state index contributed by atoms with van der Waals surface area (Å²) in [7, 11) is 1.58. The predicted molar refractivity (Wildman–Crippen MR) is 73.3 cm³/mol. The van der Waals surface area contributed by atoms with Gasteiger partial charge in [-0.15, -0.1) is 0 Å². The molecule has 3 heterocycles. The lowest BCUT2D eigenvalue weighted by atomic mass is 10.1. The van der Waals surface area contributed by atoms with Crippen molar-refractivity contribution < 1.29 is 14.5 Å². The largest absolute Gasteiger partial charge is 0.345 e. The van der Waals surface area contributed by atoms with E-state index < -0.39 is 0 Å². The van der Waals surface area contributed by atoms with Gasteiger partial charge in [-0.05, 0) is 12.1 Å². The lowest BCUT2D eigenvalue weighted by molar-refractivity contribution is -0.915. The Bertz CT molecular complexity index is 511. The summed E-state index contributed by atoms with van der Waals surface area (Å²) in [6, 6.07) is 5.71. The quantitative estimate of drug-likeness (QED) is 0.671. The molecule has 6 nitrogen and oxygen atoms in total. The summed E-state index contributed by atoms with van der Waals surface area (Å²) in [6.45, 7) is 3.48. The van der Waals surface area contributed by atoms with Gasteiger partial charge in [0.1, 0.15) is 5.82 Å². The smallest absolute Gasteiger partial charge is 0.287 e. The van der Waals surface area contributed by atoms with Crippen molar-refractivity contribution in [3.63, 3.8) is 0 Å². The SMILES string of the molecule is CN1C(=O)CC([NH+]2CCN(c3ccccn3)CC2)C1=O. The molecule has 1 aromatic rings. The average Bonchev–Trinajstić information content (AvgIpc) is 2.76. The van der Waals surface area contributed by atoms with Gasteiger partial charge in [-0.25, -0.2) is 4.98 Å². The number of piperazine rings is 1. The zero-order valence-electron chi connectivity index (χ0n) is 11.6. The van der Waals surface area contributed by atoms with Crippen LogP contribution in [0.1, 0.15) is 6.42 Å². The highest BCUT2D eigenvalue weighted by Gasteiger charge is 2.43. The molecular weight excluding hydrogens is 256 g/mol. The van der Waals surface area contributed by atoms with Crippen molar-refractivity contribution in [2.45, 2.75) is 12.5 Å². The molecule has 0 spiro atoms. The molecule has 2 amide bonds. The normalized spacial score (nSPS) is 24.6. The number of rotatable bonds is 2. The molecule has 2 saturated heterocycles. The highest BCUT2D eigenvalue weighted by atomic mass is 16.2. The van der Waals surface area contributed by atoms with E-state index in [-0.39, 0.29) is 17.9 Å². The standard InChI is InChI=1S/C14H18N4O2/c1-16-13(19)10-11(14(16)20)17-6-8-18(9-7-17)12-4-2-3-5-15-12/h2-5,11H,6-10H2,1H3/p+1. The fourth-order valence-electron chi connectivity index (χ4n) is 2.99. The van der Waals surface area contributed by atoms with Crippen LogP contribution in [0.5, 0.6) is 0 Å². The summed E-state index contributed by atoms with van der Waals surface area (Å²) in [4.78, 5) is 32.7. The van der Waals surface area contributed by atoms with Crippen molar-refractivity contribution in [2.75, 3.05) is 38.1 Å². The predicted octanol–water partition coefficient (Wildman–Crippen LogP) is -1.46. The van der Waals surface area contributed by atoms with E-state index in [1.165, 1.54) is 9.80 Å². The number of carbonyl (C=O) groups is 2. The van der Waals surface area contributed by atoms with Crippen LogP contribution in [0.3, 0.4) is 0 Å². The third kappa shape index (κ3) is 2.27. The highest BCUT2D eigenvalue weighted by molar-refractivity contribution is 6.04. The molecule has 1 unspecified atom stereocenters. The van der Waals surface area contributed by atoms with Gasteiger partial charge in [0.15, 0.2) is 6.04 Å². The van der Waals surface area contributed by atoms with Crippen molar-refractivity contribution in [1.29, 1.82) is 0 Å². The molecule has 2 aliphatic heterocycles. The topological polar surface area (TPSA) is 58.0 Å². The first kappa shape index (κ1) is 13.1. The van der Waals surface area contributed by atoms with E-state index in [1.54, 1.807) is 13.2 Å². The zero-order chi connectivity index (χ0) is 14.1. The number of imide groups is 1. The maximum atomic E-state index is 12.0. The van der Waals surface area contributed by atoms with Crippen LogP contribution in [0.25, 0.3) is 0 Å². The van der Waals surface area contributed by atoms with Crippen LogP contribution in [0, 0.1) is 0 Å². The first-order valence-corrected chi connectivity index (χ1v) is 6.98. The third-order valence-electron chi connectivity index (χ3n) is 4.25. The molecule has 3 rings (SSSR count). The Balaban J connectivity index is 1.62. The number of amides is 2. The first-order valence-electron chi connectivity index (χ1n) is 6.98. The summed E-state index contributed by atoms with van der Waals surface area (Å²) < 4.78 is 0. The number of hydrogen-bond acceptors (Lipinski definition) is 4. The van der Waals surface area contributed by atoms with Crippen LogP contribution in [0.4, 0.5) is 5.82 Å². The van der Waals surface area contributed by atoms with E-state index in [0.29, 0.717) is 6.42 Å². The van der Waals surface area contributed by atoms with Crippen LogP contribution in [0.2, 0.25) is 0 Å². The van der Waals surface area contributed by atoms with Crippen molar-refractivity contribution in [2.24, 2.45) is 0 Å². The summed E-state index contributed by atoms with van der Waals surface area (Å²) in [5.41, 5.74) is 0. The highest BCUT2D eigenvalue weighted by Crippen LogP contribution is 2.11. The van der Waals surface area contributed by atoms with E-state index in [2.05, 4.69) is 9.88 Å². The molecule has 20 heavy (non-hydrogen) atoms.